The lowest BCUT2D eigenvalue weighted by Crippen LogP contribution is -1.95. The number of halogens is 2. The molecule has 0 saturated carbocycles. The van der Waals surface area contributed by atoms with Crippen LogP contribution in [0.3, 0.4) is 0 Å². The molecule has 60 valence electrons. The summed E-state index contributed by atoms with van der Waals surface area (Å²) in [5.74, 6) is -0.362. The summed E-state index contributed by atoms with van der Waals surface area (Å²) in [6, 6.07) is 1.55. The molecule has 0 aromatic carbocycles. The fraction of sp³-hybridized carbons (Fsp3) is 0. The van der Waals surface area contributed by atoms with Crippen LogP contribution in [-0.4, -0.2) is 17.1 Å². The van der Waals surface area contributed by atoms with Crippen LogP contribution in [-0.2, 0) is 0 Å². The predicted octanol–water partition coefficient (Wildman–Crippen LogP) is 1.96. The van der Waals surface area contributed by atoms with Gasteiger partial charge in [0, 0.05) is 11.8 Å². The van der Waals surface area contributed by atoms with E-state index in [0.29, 0.717) is 11.1 Å². The molecule has 0 aliphatic carbocycles. The molecule has 1 amide bonds. The van der Waals surface area contributed by atoms with Crippen molar-refractivity contribution in [3.63, 3.8) is 0 Å². The molecular formula is C7H2Cl2N2O. The smallest absolute Gasteiger partial charge is 0.267 e. The van der Waals surface area contributed by atoms with E-state index in [9.17, 15) is 4.79 Å². The minimum Gasteiger partial charge on any atom is -0.267 e. The first-order chi connectivity index (χ1) is 5.68. The summed E-state index contributed by atoms with van der Waals surface area (Å²) in [6.45, 7) is 0. The zero-order valence-corrected chi connectivity index (χ0v) is 7.23. The Labute approximate surface area is 78.0 Å². The molecule has 0 radical (unpaired) electrons. The molecule has 0 bridgehead atoms. The number of hydrogen-bond donors (Lipinski definition) is 0. The van der Waals surface area contributed by atoms with Crippen molar-refractivity contribution < 1.29 is 4.79 Å². The molecule has 0 atom stereocenters. The van der Waals surface area contributed by atoms with Crippen LogP contribution in [0.25, 0.3) is 0 Å². The van der Waals surface area contributed by atoms with Crippen LogP contribution in [0.2, 0.25) is 10.3 Å². The highest BCUT2D eigenvalue weighted by Gasteiger charge is 2.20. The fourth-order valence-corrected chi connectivity index (χ4v) is 1.53. The Balaban J connectivity index is 2.74. The number of carbonyl (C=O) groups is 1. The molecule has 0 N–H and O–H groups in total. The molecule has 2 rings (SSSR count). The Hall–Kier alpha value is -0.930. The number of carbonyl (C=O) groups excluding carboxylic acids is 1. The van der Waals surface area contributed by atoms with Crippen LogP contribution in [0, 0.1) is 0 Å². The van der Waals surface area contributed by atoms with E-state index in [0.717, 1.165) is 0 Å². The lowest BCUT2D eigenvalue weighted by Gasteiger charge is -1.97. The molecule has 0 spiro atoms. The Bertz CT molecular complexity index is 401. The largest absolute Gasteiger partial charge is 0.280 e. The maximum atomic E-state index is 11.0. The number of nitrogens with zero attached hydrogens (tertiary/aromatic N) is 2. The molecule has 2 heterocycles. The van der Waals surface area contributed by atoms with Crippen molar-refractivity contribution in [3.05, 3.63) is 27.5 Å². The Morgan fingerprint density at radius 3 is 2.83 bits per heavy atom. The SMILES string of the molecule is O=C1N=Cc2cc(Cl)nc(Cl)c21. The molecule has 0 saturated heterocycles. The number of aliphatic imine (C=N–C) groups is 1. The van der Waals surface area contributed by atoms with E-state index in [1.807, 2.05) is 0 Å². The highest BCUT2D eigenvalue weighted by Crippen LogP contribution is 2.24. The molecule has 1 aliphatic rings. The van der Waals surface area contributed by atoms with Gasteiger partial charge in [-0.3, -0.25) is 4.79 Å². The second-order valence-corrected chi connectivity index (χ2v) is 3.01. The van der Waals surface area contributed by atoms with Gasteiger partial charge in [-0.05, 0) is 6.07 Å². The predicted molar refractivity (Wildman–Crippen MR) is 46.2 cm³/mol. The number of hydrogen-bond acceptors (Lipinski definition) is 2. The van der Waals surface area contributed by atoms with Gasteiger partial charge >= 0.3 is 0 Å². The van der Waals surface area contributed by atoms with Gasteiger partial charge in [0.1, 0.15) is 10.3 Å². The monoisotopic (exact) mass is 200 g/mol. The third kappa shape index (κ3) is 1.02. The molecule has 0 unspecified atom stereocenters. The zero-order chi connectivity index (χ0) is 8.72. The number of amides is 1. The molecule has 1 aromatic heterocycles. The van der Waals surface area contributed by atoms with Crippen molar-refractivity contribution in [2.45, 2.75) is 0 Å². The van der Waals surface area contributed by atoms with Gasteiger partial charge in [-0.1, -0.05) is 23.2 Å². The summed E-state index contributed by atoms with van der Waals surface area (Å²) < 4.78 is 0. The molecule has 1 aromatic rings. The Kier molecular flexibility index (Phi) is 1.63. The first-order valence-electron chi connectivity index (χ1n) is 3.13. The fourth-order valence-electron chi connectivity index (χ4n) is 1.01. The first-order valence-corrected chi connectivity index (χ1v) is 3.88. The second-order valence-electron chi connectivity index (χ2n) is 2.26. The van der Waals surface area contributed by atoms with Gasteiger partial charge in [0.2, 0.25) is 0 Å². The van der Waals surface area contributed by atoms with Crippen molar-refractivity contribution in [1.29, 1.82) is 0 Å². The van der Waals surface area contributed by atoms with Crippen molar-refractivity contribution in [3.8, 4) is 0 Å². The molecule has 0 fully saturated rings. The zero-order valence-electron chi connectivity index (χ0n) is 5.71. The third-order valence-corrected chi connectivity index (χ3v) is 1.98. The van der Waals surface area contributed by atoms with Gasteiger partial charge in [0.05, 0.1) is 5.56 Å². The number of rotatable bonds is 0. The Morgan fingerprint density at radius 1 is 1.33 bits per heavy atom. The van der Waals surface area contributed by atoms with E-state index in [1.54, 1.807) is 6.07 Å². The van der Waals surface area contributed by atoms with Crippen molar-refractivity contribution in [2.24, 2.45) is 4.99 Å². The van der Waals surface area contributed by atoms with Crippen LogP contribution in [0.5, 0.6) is 0 Å². The highest BCUT2D eigenvalue weighted by atomic mass is 35.5. The van der Waals surface area contributed by atoms with E-state index in [-0.39, 0.29) is 16.2 Å². The van der Waals surface area contributed by atoms with Gasteiger partial charge in [0.15, 0.2) is 0 Å². The second kappa shape index (κ2) is 2.54. The van der Waals surface area contributed by atoms with Crippen LogP contribution < -0.4 is 0 Å². The summed E-state index contributed by atoms with van der Waals surface area (Å²) in [6.07, 6.45) is 1.43. The molecule has 3 nitrogen and oxygen atoms in total. The minimum atomic E-state index is -0.362. The topological polar surface area (TPSA) is 42.3 Å². The third-order valence-electron chi connectivity index (χ3n) is 1.51. The number of fused-ring (bicyclic) bond motifs is 1. The van der Waals surface area contributed by atoms with Crippen LogP contribution in [0.4, 0.5) is 0 Å². The van der Waals surface area contributed by atoms with E-state index < -0.39 is 0 Å². The summed E-state index contributed by atoms with van der Waals surface area (Å²) in [7, 11) is 0. The molecule has 12 heavy (non-hydrogen) atoms. The van der Waals surface area contributed by atoms with Crippen molar-refractivity contribution in [1.82, 2.24) is 4.98 Å². The van der Waals surface area contributed by atoms with E-state index in [1.165, 1.54) is 6.21 Å². The summed E-state index contributed by atoms with van der Waals surface area (Å²) in [5.41, 5.74) is 0.964. The van der Waals surface area contributed by atoms with Gasteiger partial charge < -0.3 is 0 Å². The van der Waals surface area contributed by atoms with E-state index in [4.69, 9.17) is 23.2 Å². The van der Waals surface area contributed by atoms with Crippen LogP contribution >= 0.6 is 23.2 Å². The molecule has 1 aliphatic heterocycles. The van der Waals surface area contributed by atoms with Gasteiger partial charge in [-0.25, -0.2) is 9.98 Å². The minimum absolute atomic E-state index is 0.111. The quantitative estimate of drug-likeness (QED) is 0.602. The maximum absolute atomic E-state index is 11.0. The van der Waals surface area contributed by atoms with Gasteiger partial charge in [-0.2, -0.15) is 0 Å². The van der Waals surface area contributed by atoms with Gasteiger partial charge in [0.25, 0.3) is 5.91 Å². The van der Waals surface area contributed by atoms with Crippen LogP contribution in [0.15, 0.2) is 11.1 Å². The van der Waals surface area contributed by atoms with E-state index in [2.05, 4.69) is 9.98 Å². The van der Waals surface area contributed by atoms with E-state index >= 15 is 0 Å². The standard InChI is InChI=1S/C7H2Cl2N2O/c8-4-1-3-2-10-7(12)5(3)6(9)11-4/h1-2H. The maximum Gasteiger partial charge on any atom is 0.280 e. The van der Waals surface area contributed by atoms with Gasteiger partial charge in [-0.15, -0.1) is 0 Å². The summed E-state index contributed by atoms with van der Waals surface area (Å²) in [4.78, 5) is 18.3. The Morgan fingerprint density at radius 2 is 2.08 bits per heavy atom. The average molecular weight is 201 g/mol. The lowest BCUT2D eigenvalue weighted by molar-refractivity contribution is 0.101. The van der Waals surface area contributed by atoms with Crippen molar-refractivity contribution >= 4 is 35.3 Å². The lowest BCUT2D eigenvalue weighted by atomic mass is 10.2. The first kappa shape index (κ1) is 7.71. The normalized spacial score (nSPS) is 13.7. The molecular weight excluding hydrogens is 199 g/mol. The number of pyridine rings is 1. The highest BCUT2D eigenvalue weighted by molar-refractivity contribution is 6.36. The number of aromatic nitrogens is 1. The van der Waals surface area contributed by atoms with Crippen LogP contribution in [0.1, 0.15) is 15.9 Å². The summed E-state index contributed by atoms with van der Waals surface area (Å²) >= 11 is 11.3. The average Bonchev–Trinajstić information content (AvgIpc) is 2.31. The molecule has 5 heteroatoms. The van der Waals surface area contributed by atoms with Crippen molar-refractivity contribution in [2.75, 3.05) is 0 Å². The summed E-state index contributed by atoms with van der Waals surface area (Å²) in [5, 5.41) is 0.375.